The number of Topliss-reactive ketones (excluding diaryl/α,β-unsaturated/α-hetero) is 1. The molecule has 0 aliphatic heterocycles. The Labute approximate surface area is 161 Å². The summed E-state index contributed by atoms with van der Waals surface area (Å²) in [7, 11) is 0. The first-order valence-corrected chi connectivity index (χ1v) is 10.4. The standard InChI is InChI=1S/C24H40O2/c1-8-9-10-11-12-13-14-15-21(25)19-16-18(23(2,3)4)17-20(22(19)26)24(5,6)7/h16-17,26H,8-15H2,1-7H3. The Morgan fingerprint density at radius 1 is 0.846 bits per heavy atom. The van der Waals surface area contributed by atoms with E-state index < -0.39 is 0 Å². The van der Waals surface area contributed by atoms with Crippen molar-refractivity contribution in [1.29, 1.82) is 0 Å². The van der Waals surface area contributed by atoms with E-state index >= 15 is 0 Å². The third kappa shape index (κ3) is 6.78. The van der Waals surface area contributed by atoms with Crippen LogP contribution in [0.4, 0.5) is 0 Å². The molecule has 0 unspecified atom stereocenters. The molecule has 26 heavy (non-hydrogen) atoms. The fourth-order valence-electron chi connectivity index (χ4n) is 3.23. The third-order valence-electron chi connectivity index (χ3n) is 5.09. The zero-order chi connectivity index (χ0) is 20.0. The van der Waals surface area contributed by atoms with Crippen LogP contribution in [0.1, 0.15) is 121 Å². The molecule has 0 spiro atoms. The summed E-state index contributed by atoms with van der Waals surface area (Å²) < 4.78 is 0. The molecule has 0 amide bonds. The maximum Gasteiger partial charge on any atom is 0.166 e. The lowest BCUT2D eigenvalue weighted by molar-refractivity contribution is 0.0976. The van der Waals surface area contributed by atoms with Gasteiger partial charge >= 0.3 is 0 Å². The van der Waals surface area contributed by atoms with Crippen molar-refractivity contribution in [2.24, 2.45) is 0 Å². The number of carbonyl (C=O) groups excluding carboxylic acids is 1. The lowest BCUT2D eigenvalue weighted by Crippen LogP contribution is -2.18. The van der Waals surface area contributed by atoms with Crippen molar-refractivity contribution in [3.63, 3.8) is 0 Å². The van der Waals surface area contributed by atoms with Gasteiger partial charge < -0.3 is 5.11 Å². The summed E-state index contributed by atoms with van der Waals surface area (Å²) in [6.07, 6.45) is 8.87. The van der Waals surface area contributed by atoms with E-state index in [0.29, 0.717) is 12.0 Å². The van der Waals surface area contributed by atoms with Crippen LogP contribution in [0.15, 0.2) is 12.1 Å². The van der Waals surface area contributed by atoms with Gasteiger partial charge in [-0.15, -0.1) is 0 Å². The molecular weight excluding hydrogens is 320 g/mol. The van der Waals surface area contributed by atoms with Crippen LogP contribution in [-0.2, 0) is 10.8 Å². The fourth-order valence-corrected chi connectivity index (χ4v) is 3.23. The van der Waals surface area contributed by atoms with Crippen LogP contribution in [0.25, 0.3) is 0 Å². The van der Waals surface area contributed by atoms with Crippen LogP contribution >= 0.6 is 0 Å². The maximum atomic E-state index is 12.8. The van der Waals surface area contributed by atoms with Gasteiger partial charge in [-0.05, 0) is 28.9 Å². The number of unbranched alkanes of at least 4 members (excludes halogenated alkanes) is 6. The second-order valence-electron chi connectivity index (χ2n) is 9.71. The number of phenolic OH excluding ortho intramolecular Hbond substituents is 1. The molecule has 0 aliphatic rings. The molecule has 0 radical (unpaired) electrons. The summed E-state index contributed by atoms with van der Waals surface area (Å²) in [4.78, 5) is 12.8. The number of ketones is 1. The zero-order valence-corrected chi connectivity index (χ0v) is 18.2. The Morgan fingerprint density at radius 3 is 1.88 bits per heavy atom. The number of hydrogen-bond acceptors (Lipinski definition) is 2. The molecule has 0 heterocycles. The molecule has 1 aromatic carbocycles. The molecule has 0 bridgehead atoms. The van der Waals surface area contributed by atoms with Gasteiger partial charge in [-0.1, -0.05) is 93.1 Å². The number of hydrogen-bond donors (Lipinski definition) is 1. The summed E-state index contributed by atoms with van der Waals surface area (Å²) >= 11 is 0. The number of aromatic hydroxyl groups is 1. The quantitative estimate of drug-likeness (QED) is 0.370. The van der Waals surface area contributed by atoms with Crippen LogP contribution < -0.4 is 0 Å². The number of phenols is 1. The smallest absolute Gasteiger partial charge is 0.166 e. The Kier molecular flexibility index (Phi) is 8.37. The van der Waals surface area contributed by atoms with Crippen molar-refractivity contribution in [2.45, 2.75) is 111 Å². The predicted molar refractivity (Wildman–Crippen MR) is 112 cm³/mol. The van der Waals surface area contributed by atoms with Crippen LogP contribution in [0, 0.1) is 0 Å². The molecule has 0 aliphatic carbocycles. The summed E-state index contributed by atoms with van der Waals surface area (Å²) in [5.74, 6) is 0.256. The second kappa shape index (κ2) is 9.58. The number of rotatable bonds is 9. The van der Waals surface area contributed by atoms with Crippen molar-refractivity contribution in [3.8, 4) is 5.75 Å². The Morgan fingerprint density at radius 2 is 1.38 bits per heavy atom. The molecule has 1 aromatic rings. The molecule has 1 N–H and O–H groups in total. The second-order valence-corrected chi connectivity index (χ2v) is 9.71. The molecule has 148 valence electrons. The van der Waals surface area contributed by atoms with Crippen molar-refractivity contribution in [3.05, 3.63) is 28.8 Å². The van der Waals surface area contributed by atoms with E-state index in [9.17, 15) is 9.90 Å². The van der Waals surface area contributed by atoms with Gasteiger partial charge in [-0.2, -0.15) is 0 Å². The molecule has 2 nitrogen and oxygen atoms in total. The zero-order valence-electron chi connectivity index (χ0n) is 18.2. The van der Waals surface area contributed by atoms with Gasteiger partial charge in [-0.25, -0.2) is 0 Å². The minimum atomic E-state index is -0.195. The van der Waals surface area contributed by atoms with E-state index in [0.717, 1.165) is 24.0 Å². The van der Waals surface area contributed by atoms with Crippen LogP contribution in [0.3, 0.4) is 0 Å². The van der Waals surface area contributed by atoms with Gasteiger partial charge in [0.1, 0.15) is 5.75 Å². The number of benzene rings is 1. The lowest BCUT2D eigenvalue weighted by atomic mass is 9.78. The van der Waals surface area contributed by atoms with E-state index in [1.807, 2.05) is 6.07 Å². The molecular formula is C24H40O2. The van der Waals surface area contributed by atoms with E-state index in [1.165, 1.54) is 32.1 Å². The molecule has 0 saturated heterocycles. The van der Waals surface area contributed by atoms with Gasteiger partial charge in [0, 0.05) is 12.0 Å². The van der Waals surface area contributed by atoms with Crippen molar-refractivity contribution in [2.75, 3.05) is 0 Å². The first-order valence-electron chi connectivity index (χ1n) is 10.4. The predicted octanol–water partition coefficient (Wildman–Crippen LogP) is 7.31. The van der Waals surface area contributed by atoms with Crippen molar-refractivity contribution < 1.29 is 9.90 Å². The molecule has 0 atom stereocenters. The number of carbonyl (C=O) groups is 1. The Balaban J connectivity index is 2.88. The summed E-state index contributed by atoms with van der Waals surface area (Å²) in [5.41, 5.74) is 2.24. The van der Waals surface area contributed by atoms with E-state index in [2.05, 4.69) is 54.5 Å². The van der Waals surface area contributed by atoms with Gasteiger partial charge in [-0.3, -0.25) is 4.79 Å². The van der Waals surface area contributed by atoms with Crippen LogP contribution in [-0.4, -0.2) is 10.9 Å². The first-order chi connectivity index (χ1) is 12.0. The Bertz CT molecular complexity index is 585. The monoisotopic (exact) mass is 360 g/mol. The highest BCUT2D eigenvalue weighted by molar-refractivity contribution is 5.99. The molecule has 1 rings (SSSR count). The summed E-state index contributed by atoms with van der Waals surface area (Å²) in [5, 5.41) is 10.8. The van der Waals surface area contributed by atoms with Crippen LogP contribution in [0.5, 0.6) is 5.75 Å². The van der Waals surface area contributed by atoms with E-state index in [1.54, 1.807) is 0 Å². The van der Waals surface area contributed by atoms with Crippen LogP contribution in [0.2, 0.25) is 0 Å². The Hall–Kier alpha value is -1.31. The fraction of sp³-hybridized carbons (Fsp3) is 0.708. The van der Waals surface area contributed by atoms with Gasteiger partial charge in [0.05, 0.1) is 5.56 Å². The van der Waals surface area contributed by atoms with Gasteiger partial charge in [0.15, 0.2) is 5.78 Å². The third-order valence-corrected chi connectivity index (χ3v) is 5.09. The minimum Gasteiger partial charge on any atom is -0.507 e. The largest absolute Gasteiger partial charge is 0.507 e. The average molecular weight is 361 g/mol. The highest BCUT2D eigenvalue weighted by Crippen LogP contribution is 2.38. The van der Waals surface area contributed by atoms with Gasteiger partial charge in [0.2, 0.25) is 0 Å². The highest BCUT2D eigenvalue weighted by Gasteiger charge is 2.26. The summed E-state index contributed by atoms with van der Waals surface area (Å²) in [6, 6.07) is 3.98. The van der Waals surface area contributed by atoms with E-state index in [4.69, 9.17) is 0 Å². The molecule has 0 aromatic heterocycles. The topological polar surface area (TPSA) is 37.3 Å². The molecule has 0 fully saturated rings. The SMILES string of the molecule is CCCCCCCCCC(=O)c1cc(C(C)(C)C)cc(C(C)(C)C)c1O. The van der Waals surface area contributed by atoms with Crippen molar-refractivity contribution in [1.82, 2.24) is 0 Å². The molecule has 2 heteroatoms. The van der Waals surface area contributed by atoms with Crippen molar-refractivity contribution >= 4 is 5.78 Å². The minimum absolute atomic E-state index is 0.0536. The maximum absolute atomic E-state index is 12.8. The lowest BCUT2D eigenvalue weighted by Gasteiger charge is -2.27. The summed E-state index contributed by atoms with van der Waals surface area (Å²) in [6.45, 7) is 14.9. The normalized spacial score (nSPS) is 12.4. The van der Waals surface area contributed by atoms with Gasteiger partial charge in [0.25, 0.3) is 0 Å². The highest BCUT2D eigenvalue weighted by atomic mass is 16.3. The average Bonchev–Trinajstić information content (AvgIpc) is 2.51. The molecule has 0 saturated carbocycles. The first kappa shape index (κ1) is 22.7. The van der Waals surface area contributed by atoms with E-state index in [-0.39, 0.29) is 22.4 Å².